The van der Waals surface area contributed by atoms with Gasteiger partial charge < -0.3 is 27.5 Å². The Morgan fingerprint density at radius 2 is 1.27 bits per heavy atom. The van der Waals surface area contributed by atoms with Crippen molar-refractivity contribution in [1.29, 1.82) is 0 Å². The van der Waals surface area contributed by atoms with Gasteiger partial charge in [-0.15, -0.1) is 11.8 Å². The van der Waals surface area contributed by atoms with Crippen LogP contribution in [0.15, 0.2) is 11.5 Å². The molecule has 0 saturated carbocycles. The van der Waals surface area contributed by atoms with Crippen LogP contribution in [0.4, 0.5) is 0 Å². The van der Waals surface area contributed by atoms with Crippen LogP contribution >= 0.6 is 21.2 Å². The molecule has 0 aromatic carbocycles. The van der Waals surface area contributed by atoms with Crippen LogP contribution in [-0.4, -0.2) is 69.4 Å². The first-order chi connectivity index (χ1) is 14.7. The van der Waals surface area contributed by atoms with Crippen molar-refractivity contribution in [2.75, 3.05) is 6.26 Å². The third kappa shape index (κ3) is 11.2. The number of hydrogen-bond acceptors (Lipinski definition) is 7. The molecule has 1 fully saturated rings. The molecule has 6 atom stereocenters. The van der Waals surface area contributed by atoms with Crippen LogP contribution < -0.4 is 5.09 Å². The largest absolute Gasteiger partial charge is 0.477 e. The lowest BCUT2D eigenvalue weighted by molar-refractivity contribution is -0.112. The van der Waals surface area contributed by atoms with E-state index >= 15 is 0 Å². The molecule has 0 aliphatic carbocycles. The van der Waals surface area contributed by atoms with E-state index in [1.54, 1.807) is 11.8 Å². The summed E-state index contributed by atoms with van der Waals surface area (Å²) in [6.45, 7) is 28.6. The van der Waals surface area contributed by atoms with Gasteiger partial charge in [-0.05, 0) is 101 Å². The number of ether oxygens (including phenoxy) is 1. The molecular formula is C21H50NO5PSSi4. The van der Waals surface area contributed by atoms with Gasteiger partial charge in [0.1, 0.15) is 24.1 Å². The molecule has 1 rings (SSSR count). The second-order valence-electron chi connectivity index (χ2n) is 12.6. The molecule has 0 aromatic rings. The molecule has 196 valence electrons. The molecule has 6 nitrogen and oxygen atoms in total. The maximum atomic E-state index is 6.87. The molecular weight excluding hydrogens is 522 g/mol. The van der Waals surface area contributed by atoms with E-state index in [-0.39, 0.29) is 29.9 Å². The summed E-state index contributed by atoms with van der Waals surface area (Å²) in [5, 5.41) is 3.32. The Morgan fingerprint density at radius 1 is 0.818 bits per heavy atom. The molecule has 0 amide bonds. The highest BCUT2D eigenvalue weighted by Crippen LogP contribution is 2.40. The van der Waals surface area contributed by atoms with Crippen molar-refractivity contribution in [3.8, 4) is 0 Å². The Hall–Kier alpha value is 0.828. The average molecular weight is 572 g/mol. The molecule has 1 saturated heterocycles. The van der Waals surface area contributed by atoms with Crippen LogP contribution in [0.25, 0.3) is 0 Å². The molecule has 0 radical (unpaired) electrons. The maximum Gasteiger partial charge on any atom is 0.184 e. The van der Waals surface area contributed by atoms with Crippen LogP contribution in [0.3, 0.4) is 0 Å². The molecule has 0 aromatic heterocycles. The highest BCUT2D eigenvalue weighted by atomic mass is 32.2. The minimum Gasteiger partial charge on any atom is -0.477 e. The van der Waals surface area contributed by atoms with E-state index in [9.17, 15) is 0 Å². The van der Waals surface area contributed by atoms with Crippen molar-refractivity contribution in [2.24, 2.45) is 0 Å². The predicted molar refractivity (Wildman–Crippen MR) is 157 cm³/mol. The van der Waals surface area contributed by atoms with E-state index in [2.05, 4.69) is 106 Å². The third-order valence-electron chi connectivity index (χ3n) is 4.44. The van der Waals surface area contributed by atoms with Crippen LogP contribution in [0.1, 0.15) is 6.92 Å². The summed E-state index contributed by atoms with van der Waals surface area (Å²) >= 11 is 1.67. The highest BCUT2D eigenvalue weighted by molar-refractivity contribution is 7.99. The van der Waals surface area contributed by atoms with Gasteiger partial charge in [0.15, 0.2) is 38.7 Å². The van der Waals surface area contributed by atoms with Crippen molar-refractivity contribution >= 4 is 54.4 Å². The summed E-state index contributed by atoms with van der Waals surface area (Å²) in [6.07, 6.45) is 1.11. The van der Waals surface area contributed by atoms with E-state index < -0.39 is 33.3 Å². The quantitative estimate of drug-likeness (QED) is 0.234. The van der Waals surface area contributed by atoms with Crippen LogP contribution in [0, 0.1) is 0 Å². The smallest absolute Gasteiger partial charge is 0.184 e. The zero-order valence-electron chi connectivity index (χ0n) is 23.4. The SMILES string of the molecule is CS[C@H]1OC(=C(NP)[C@@H](C)O[Si](C)(C)C)[C@H](O[Si](C)(C)C)[C@H](O[Si](C)(C)C)[C@H]1O[Si](C)(C)C. The number of rotatable bonds is 11. The third-order valence-corrected chi connectivity index (χ3v) is 9.56. The minimum atomic E-state index is -1.96. The zero-order chi connectivity index (χ0) is 26.0. The Labute approximate surface area is 214 Å². The van der Waals surface area contributed by atoms with Gasteiger partial charge in [0.05, 0.1) is 11.8 Å². The van der Waals surface area contributed by atoms with E-state index in [1.165, 1.54) is 0 Å². The van der Waals surface area contributed by atoms with E-state index in [1.807, 2.05) is 0 Å². The predicted octanol–water partition coefficient (Wildman–Crippen LogP) is 6.20. The minimum absolute atomic E-state index is 0.151. The Morgan fingerprint density at radius 3 is 1.64 bits per heavy atom. The van der Waals surface area contributed by atoms with Crippen molar-refractivity contribution in [2.45, 2.75) is 115 Å². The Kier molecular flexibility index (Phi) is 11.5. The summed E-state index contributed by atoms with van der Waals surface area (Å²) in [4.78, 5) is 0. The molecule has 0 bridgehead atoms. The van der Waals surface area contributed by atoms with Gasteiger partial charge in [-0.3, -0.25) is 0 Å². The standard InChI is InChI=1S/C21H50NO5PSSi4/c1-15(24-30(3,4)5)16(22-28)17-18(25-31(6,7)8)19(26-32(9,10)11)20(21(23-17)29-2)27-33(12,13)14/h15,18-22H,28H2,1-14H3/t15-,18+,19+,20-,21-/m1/s1. The van der Waals surface area contributed by atoms with Gasteiger partial charge >= 0.3 is 0 Å². The number of thioether (sulfide) groups is 1. The lowest BCUT2D eigenvalue weighted by Crippen LogP contribution is -2.61. The summed E-state index contributed by atoms with van der Waals surface area (Å²) in [6, 6.07) is 0. The Balaban J connectivity index is 3.72. The van der Waals surface area contributed by atoms with E-state index in [0.717, 1.165) is 11.5 Å². The van der Waals surface area contributed by atoms with Crippen molar-refractivity contribution in [3.05, 3.63) is 11.5 Å². The fraction of sp³-hybridized carbons (Fsp3) is 0.905. The van der Waals surface area contributed by atoms with Crippen LogP contribution in [0.5, 0.6) is 0 Å². The fourth-order valence-electron chi connectivity index (χ4n) is 3.68. The fourth-order valence-corrected chi connectivity index (χ4v) is 9.17. The number of nitrogens with one attached hydrogen (secondary N) is 1. The van der Waals surface area contributed by atoms with Crippen molar-refractivity contribution < 1.29 is 22.4 Å². The molecule has 1 aliphatic heterocycles. The molecule has 1 N–H and O–H groups in total. The van der Waals surface area contributed by atoms with E-state index in [0.29, 0.717) is 0 Å². The van der Waals surface area contributed by atoms with Gasteiger partial charge in [-0.1, -0.05) is 0 Å². The lowest BCUT2D eigenvalue weighted by atomic mass is 10.0. The van der Waals surface area contributed by atoms with Crippen LogP contribution in [0.2, 0.25) is 78.6 Å². The first-order valence-electron chi connectivity index (χ1n) is 11.8. The monoisotopic (exact) mass is 571 g/mol. The summed E-state index contributed by atoms with van der Waals surface area (Å²) in [7, 11) is -4.91. The molecule has 33 heavy (non-hydrogen) atoms. The van der Waals surface area contributed by atoms with Crippen LogP contribution in [-0.2, 0) is 22.4 Å². The summed E-state index contributed by atoms with van der Waals surface area (Å²) in [5.41, 5.74) is 0.711. The van der Waals surface area contributed by atoms with E-state index in [4.69, 9.17) is 22.4 Å². The summed E-state index contributed by atoms with van der Waals surface area (Å²) < 4.78 is 33.6. The molecule has 1 aliphatic rings. The maximum absolute atomic E-state index is 6.87. The second-order valence-corrected chi connectivity index (χ2v) is 31.6. The van der Waals surface area contributed by atoms with Crippen molar-refractivity contribution in [1.82, 2.24) is 5.09 Å². The number of hydrogen-bond donors (Lipinski definition) is 1. The summed E-state index contributed by atoms with van der Waals surface area (Å²) in [5.74, 6) is 0.788. The highest BCUT2D eigenvalue weighted by Gasteiger charge is 2.51. The Bertz CT molecular complexity index is 674. The van der Waals surface area contributed by atoms with Crippen molar-refractivity contribution in [3.63, 3.8) is 0 Å². The topological polar surface area (TPSA) is 58.2 Å². The zero-order valence-corrected chi connectivity index (χ0v) is 29.4. The lowest BCUT2D eigenvalue weighted by Gasteiger charge is -2.49. The molecule has 0 spiro atoms. The molecule has 12 heteroatoms. The first-order valence-corrected chi connectivity index (χ1v) is 27.3. The normalized spacial score (nSPS) is 27.7. The van der Waals surface area contributed by atoms with Gasteiger partial charge in [-0.2, -0.15) is 0 Å². The average Bonchev–Trinajstić information content (AvgIpc) is 2.55. The second kappa shape index (κ2) is 11.9. The van der Waals surface area contributed by atoms with Gasteiger partial charge in [-0.25, -0.2) is 0 Å². The molecule has 1 heterocycles. The van der Waals surface area contributed by atoms with Gasteiger partial charge in [0.2, 0.25) is 0 Å². The first kappa shape index (κ1) is 31.9. The van der Waals surface area contributed by atoms with Gasteiger partial charge in [0.25, 0.3) is 0 Å². The molecule has 1 unspecified atom stereocenters. The van der Waals surface area contributed by atoms with Gasteiger partial charge in [0, 0.05) is 0 Å².